The molecular formula is C18H33NO. The van der Waals surface area contributed by atoms with Gasteiger partial charge < -0.3 is 5.32 Å². The number of rotatable bonds is 9. The second-order valence-corrected chi connectivity index (χ2v) is 6.21. The van der Waals surface area contributed by atoms with Crippen LogP contribution in [0.2, 0.25) is 0 Å². The van der Waals surface area contributed by atoms with Gasteiger partial charge in [0.25, 0.3) is 0 Å². The summed E-state index contributed by atoms with van der Waals surface area (Å²) in [5.74, 6) is 0.149. The van der Waals surface area contributed by atoms with E-state index in [2.05, 4.69) is 19.2 Å². The van der Waals surface area contributed by atoms with Gasteiger partial charge >= 0.3 is 0 Å². The van der Waals surface area contributed by atoms with Crippen LogP contribution >= 0.6 is 0 Å². The minimum absolute atomic E-state index is 0.149. The molecule has 1 rings (SSSR count). The molecule has 1 aliphatic carbocycles. The summed E-state index contributed by atoms with van der Waals surface area (Å²) in [5.41, 5.74) is 1.34. The summed E-state index contributed by atoms with van der Waals surface area (Å²) in [6.45, 7) is 4.43. The number of unbranched alkanes of at least 4 members (excludes halogenated alkanes) is 3. The maximum absolute atomic E-state index is 12.1. The Bertz CT molecular complexity index is 290. The summed E-state index contributed by atoms with van der Waals surface area (Å²) < 4.78 is 0. The van der Waals surface area contributed by atoms with Crippen molar-refractivity contribution in [3.63, 3.8) is 0 Å². The standard InChI is InChI=1S/C18H33NO/c1-3-5-6-8-12-16(11-4-2)15-18(20)19-17-13-9-7-10-14-17/h15,17H,3-14H2,1-2H3,(H,19,20). The van der Waals surface area contributed by atoms with Crippen molar-refractivity contribution in [3.8, 4) is 0 Å². The van der Waals surface area contributed by atoms with Crippen molar-refractivity contribution < 1.29 is 4.79 Å². The SMILES string of the molecule is CCCCCCC(=CC(=O)NC1CCCCC1)CCC. The molecule has 1 fully saturated rings. The summed E-state index contributed by atoms with van der Waals surface area (Å²) in [7, 11) is 0. The Morgan fingerprint density at radius 2 is 1.75 bits per heavy atom. The van der Waals surface area contributed by atoms with E-state index in [0.717, 1.165) is 19.3 Å². The van der Waals surface area contributed by atoms with Crippen molar-refractivity contribution in [2.75, 3.05) is 0 Å². The first-order chi connectivity index (χ1) is 9.76. The van der Waals surface area contributed by atoms with Crippen LogP contribution in [0.25, 0.3) is 0 Å². The van der Waals surface area contributed by atoms with E-state index in [4.69, 9.17) is 0 Å². The third kappa shape index (κ3) is 7.72. The molecule has 0 bridgehead atoms. The maximum atomic E-state index is 12.1. The number of carbonyl (C=O) groups excluding carboxylic acids is 1. The lowest BCUT2D eigenvalue weighted by molar-refractivity contribution is -0.117. The van der Waals surface area contributed by atoms with Crippen LogP contribution in [0.15, 0.2) is 11.6 Å². The van der Waals surface area contributed by atoms with Gasteiger partial charge in [0.05, 0.1) is 0 Å². The molecule has 0 radical (unpaired) electrons. The van der Waals surface area contributed by atoms with Crippen LogP contribution in [-0.4, -0.2) is 11.9 Å². The Balaban J connectivity index is 2.36. The molecule has 1 saturated carbocycles. The summed E-state index contributed by atoms with van der Waals surface area (Å²) in [6, 6.07) is 0.426. The van der Waals surface area contributed by atoms with Crippen molar-refractivity contribution >= 4 is 5.91 Å². The fraction of sp³-hybridized carbons (Fsp3) is 0.833. The van der Waals surface area contributed by atoms with E-state index >= 15 is 0 Å². The van der Waals surface area contributed by atoms with Crippen molar-refractivity contribution in [2.45, 2.75) is 96.9 Å². The number of hydrogen-bond acceptors (Lipinski definition) is 1. The molecule has 0 spiro atoms. The third-order valence-corrected chi connectivity index (χ3v) is 4.21. The number of allylic oxidation sites excluding steroid dienone is 1. The van der Waals surface area contributed by atoms with E-state index in [1.807, 2.05) is 6.08 Å². The van der Waals surface area contributed by atoms with Crippen LogP contribution in [-0.2, 0) is 4.79 Å². The average molecular weight is 279 g/mol. The summed E-state index contributed by atoms with van der Waals surface area (Å²) in [4.78, 5) is 12.1. The summed E-state index contributed by atoms with van der Waals surface area (Å²) in [5, 5.41) is 3.19. The van der Waals surface area contributed by atoms with Crippen molar-refractivity contribution in [1.82, 2.24) is 5.32 Å². The van der Waals surface area contributed by atoms with Crippen LogP contribution < -0.4 is 5.32 Å². The molecule has 1 aliphatic rings. The fourth-order valence-electron chi connectivity index (χ4n) is 3.04. The van der Waals surface area contributed by atoms with Crippen molar-refractivity contribution in [3.05, 3.63) is 11.6 Å². The Kier molecular flexibility index (Phi) is 9.44. The number of hydrogen-bond donors (Lipinski definition) is 1. The van der Waals surface area contributed by atoms with Crippen LogP contribution in [0.1, 0.15) is 90.9 Å². The monoisotopic (exact) mass is 279 g/mol. The fourth-order valence-corrected chi connectivity index (χ4v) is 3.04. The molecule has 0 aromatic carbocycles. The molecule has 0 saturated heterocycles. The summed E-state index contributed by atoms with van der Waals surface area (Å²) >= 11 is 0. The smallest absolute Gasteiger partial charge is 0.244 e. The molecular weight excluding hydrogens is 246 g/mol. The van der Waals surface area contributed by atoms with Crippen molar-refractivity contribution in [2.24, 2.45) is 0 Å². The minimum atomic E-state index is 0.149. The Morgan fingerprint density at radius 1 is 1.00 bits per heavy atom. The molecule has 0 heterocycles. The maximum Gasteiger partial charge on any atom is 0.244 e. The molecule has 0 aromatic rings. The molecule has 2 nitrogen and oxygen atoms in total. The van der Waals surface area contributed by atoms with Gasteiger partial charge in [0, 0.05) is 12.1 Å². The zero-order valence-electron chi connectivity index (χ0n) is 13.5. The quantitative estimate of drug-likeness (QED) is 0.460. The van der Waals surface area contributed by atoms with Gasteiger partial charge in [-0.2, -0.15) is 0 Å². The highest BCUT2D eigenvalue weighted by Gasteiger charge is 2.14. The Labute approximate surface area is 125 Å². The molecule has 2 heteroatoms. The zero-order valence-corrected chi connectivity index (χ0v) is 13.5. The molecule has 20 heavy (non-hydrogen) atoms. The van der Waals surface area contributed by atoms with E-state index in [1.54, 1.807) is 0 Å². The number of nitrogens with one attached hydrogen (secondary N) is 1. The Hall–Kier alpha value is -0.790. The topological polar surface area (TPSA) is 29.1 Å². The van der Waals surface area contributed by atoms with Crippen LogP contribution in [0.3, 0.4) is 0 Å². The molecule has 1 amide bonds. The van der Waals surface area contributed by atoms with E-state index in [0.29, 0.717) is 6.04 Å². The number of carbonyl (C=O) groups is 1. The van der Waals surface area contributed by atoms with Gasteiger partial charge in [-0.15, -0.1) is 0 Å². The minimum Gasteiger partial charge on any atom is -0.350 e. The lowest BCUT2D eigenvalue weighted by Crippen LogP contribution is -2.35. The van der Waals surface area contributed by atoms with Gasteiger partial charge in [-0.3, -0.25) is 4.79 Å². The highest BCUT2D eigenvalue weighted by molar-refractivity contribution is 5.88. The highest BCUT2D eigenvalue weighted by atomic mass is 16.1. The number of amides is 1. The van der Waals surface area contributed by atoms with Crippen molar-refractivity contribution in [1.29, 1.82) is 0 Å². The van der Waals surface area contributed by atoms with Gasteiger partial charge in [0.2, 0.25) is 5.91 Å². The predicted octanol–water partition coefficient (Wildman–Crippen LogP) is 5.13. The lowest BCUT2D eigenvalue weighted by Gasteiger charge is -2.22. The van der Waals surface area contributed by atoms with Gasteiger partial charge in [-0.1, -0.05) is 64.4 Å². The van der Waals surface area contributed by atoms with Crippen LogP contribution in [0.5, 0.6) is 0 Å². The third-order valence-electron chi connectivity index (χ3n) is 4.21. The summed E-state index contributed by atoms with van der Waals surface area (Å²) in [6.07, 6.45) is 16.5. The van der Waals surface area contributed by atoms with E-state index in [-0.39, 0.29) is 5.91 Å². The lowest BCUT2D eigenvalue weighted by atomic mass is 9.95. The molecule has 0 aliphatic heterocycles. The molecule has 0 unspecified atom stereocenters. The second-order valence-electron chi connectivity index (χ2n) is 6.21. The van der Waals surface area contributed by atoms with Gasteiger partial charge in [0.15, 0.2) is 0 Å². The first kappa shape index (κ1) is 17.3. The molecule has 1 N–H and O–H groups in total. The van der Waals surface area contributed by atoms with E-state index < -0.39 is 0 Å². The van der Waals surface area contributed by atoms with E-state index in [9.17, 15) is 4.79 Å². The normalized spacial score (nSPS) is 17.2. The molecule has 0 atom stereocenters. The highest BCUT2D eigenvalue weighted by Crippen LogP contribution is 2.18. The predicted molar refractivity (Wildman–Crippen MR) is 86.8 cm³/mol. The van der Waals surface area contributed by atoms with Gasteiger partial charge in [0.1, 0.15) is 0 Å². The van der Waals surface area contributed by atoms with Gasteiger partial charge in [-0.25, -0.2) is 0 Å². The molecule has 116 valence electrons. The molecule has 0 aromatic heterocycles. The van der Waals surface area contributed by atoms with Crippen LogP contribution in [0.4, 0.5) is 0 Å². The zero-order chi connectivity index (χ0) is 14.6. The Morgan fingerprint density at radius 3 is 2.40 bits per heavy atom. The first-order valence-corrected chi connectivity index (χ1v) is 8.76. The average Bonchev–Trinajstić information content (AvgIpc) is 2.44. The second kappa shape index (κ2) is 10.9. The van der Waals surface area contributed by atoms with Crippen LogP contribution in [0, 0.1) is 0 Å². The first-order valence-electron chi connectivity index (χ1n) is 8.76. The van der Waals surface area contributed by atoms with E-state index in [1.165, 1.54) is 63.4 Å². The van der Waals surface area contributed by atoms with Gasteiger partial charge in [-0.05, 0) is 32.1 Å². The largest absolute Gasteiger partial charge is 0.350 e.